The van der Waals surface area contributed by atoms with Crippen molar-refractivity contribution >= 4 is 23.3 Å². The topological polar surface area (TPSA) is 72.6 Å². The van der Waals surface area contributed by atoms with Crippen LogP contribution < -0.4 is 5.73 Å². The Morgan fingerprint density at radius 2 is 2.00 bits per heavy atom. The number of hydrogen-bond donors (Lipinski definition) is 2. The number of nitrogens with two attached hydrogens (primary N) is 1. The Bertz CT molecular complexity index is 396. The summed E-state index contributed by atoms with van der Waals surface area (Å²) in [5.41, 5.74) is 6.02. The number of esters is 1. The van der Waals surface area contributed by atoms with E-state index in [1.54, 1.807) is 6.07 Å². The second-order valence-corrected chi connectivity index (χ2v) is 4.39. The zero-order chi connectivity index (χ0) is 13.4. The van der Waals surface area contributed by atoms with Crippen molar-refractivity contribution in [2.45, 2.75) is 25.7 Å². The van der Waals surface area contributed by atoms with Crippen LogP contribution in [0.3, 0.4) is 0 Å². The molecule has 0 aliphatic carbocycles. The molecule has 1 rings (SSSR count). The number of aromatic hydroxyl groups is 1. The van der Waals surface area contributed by atoms with Gasteiger partial charge in [0, 0.05) is 17.6 Å². The van der Waals surface area contributed by atoms with Gasteiger partial charge in [-0.25, -0.2) is 4.79 Å². The van der Waals surface area contributed by atoms with E-state index in [2.05, 4.69) is 0 Å². The maximum atomic E-state index is 11.6. The van der Waals surface area contributed by atoms with E-state index in [0.29, 0.717) is 18.2 Å². The van der Waals surface area contributed by atoms with Crippen LogP contribution in [0.25, 0.3) is 0 Å². The van der Waals surface area contributed by atoms with Crippen molar-refractivity contribution in [2.24, 2.45) is 0 Å². The smallest absolute Gasteiger partial charge is 0.341 e. The molecule has 0 radical (unpaired) electrons. The van der Waals surface area contributed by atoms with Gasteiger partial charge in [0.05, 0.1) is 6.61 Å². The number of nitrogen functional groups attached to an aromatic ring is 1. The van der Waals surface area contributed by atoms with E-state index < -0.39 is 5.97 Å². The molecule has 0 aromatic heterocycles. The summed E-state index contributed by atoms with van der Waals surface area (Å²) in [6.45, 7) is 0.352. The van der Waals surface area contributed by atoms with Crippen molar-refractivity contribution in [3.05, 3.63) is 23.8 Å². The third-order valence-electron chi connectivity index (χ3n) is 2.50. The zero-order valence-electron chi connectivity index (χ0n) is 10.2. The highest BCUT2D eigenvalue weighted by Gasteiger charge is 2.12. The number of rotatable bonds is 7. The van der Waals surface area contributed by atoms with Crippen LogP contribution in [0.15, 0.2) is 18.2 Å². The first-order valence-electron chi connectivity index (χ1n) is 5.96. The maximum Gasteiger partial charge on any atom is 0.341 e. The van der Waals surface area contributed by atoms with Gasteiger partial charge in [-0.05, 0) is 25.0 Å². The highest BCUT2D eigenvalue weighted by molar-refractivity contribution is 6.17. The number of halogens is 1. The average Bonchev–Trinajstić information content (AvgIpc) is 2.33. The van der Waals surface area contributed by atoms with Gasteiger partial charge in [-0.3, -0.25) is 0 Å². The number of carbonyl (C=O) groups is 1. The maximum absolute atomic E-state index is 11.6. The van der Waals surface area contributed by atoms with Gasteiger partial charge in [-0.2, -0.15) is 0 Å². The lowest BCUT2D eigenvalue weighted by atomic mass is 10.2. The van der Waals surface area contributed by atoms with Crippen LogP contribution in [-0.2, 0) is 4.74 Å². The van der Waals surface area contributed by atoms with Crippen LogP contribution in [0.1, 0.15) is 36.0 Å². The Hall–Kier alpha value is -1.42. The molecule has 0 atom stereocenters. The van der Waals surface area contributed by atoms with E-state index >= 15 is 0 Å². The van der Waals surface area contributed by atoms with Gasteiger partial charge in [0.15, 0.2) is 0 Å². The lowest BCUT2D eigenvalue weighted by Crippen LogP contribution is -2.07. The van der Waals surface area contributed by atoms with Gasteiger partial charge in [0.2, 0.25) is 0 Å². The quantitative estimate of drug-likeness (QED) is 0.346. The predicted octanol–water partition coefficient (Wildman–Crippen LogP) is 2.93. The molecule has 0 heterocycles. The number of ether oxygens (including phenoxy) is 1. The van der Waals surface area contributed by atoms with Gasteiger partial charge in [-0.1, -0.05) is 12.8 Å². The summed E-state index contributed by atoms with van der Waals surface area (Å²) in [4.78, 5) is 11.6. The minimum absolute atomic E-state index is 0.143. The Balaban J connectivity index is 2.32. The molecule has 18 heavy (non-hydrogen) atoms. The predicted molar refractivity (Wildman–Crippen MR) is 72.0 cm³/mol. The summed E-state index contributed by atoms with van der Waals surface area (Å²) in [6, 6.07) is 4.34. The summed E-state index contributed by atoms with van der Waals surface area (Å²) in [7, 11) is 0. The first-order valence-corrected chi connectivity index (χ1v) is 6.50. The molecule has 4 nitrogen and oxygen atoms in total. The first kappa shape index (κ1) is 14.6. The lowest BCUT2D eigenvalue weighted by Gasteiger charge is -2.06. The minimum Gasteiger partial charge on any atom is -0.507 e. The molecular weight excluding hydrogens is 254 g/mol. The van der Waals surface area contributed by atoms with Crippen LogP contribution in [-0.4, -0.2) is 23.6 Å². The van der Waals surface area contributed by atoms with Gasteiger partial charge in [0.25, 0.3) is 0 Å². The summed E-state index contributed by atoms with van der Waals surface area (Å²) >= 11 is 5.55. The Morgan fingerprint density at radius 3 is 2.67 bits per heavy atom. The van der Waals surface area contributed by atoms with Crippen molar-refractivity contribution in [2.75, 3.05) is 18.2 Å². The number of unbranched alkanes of at least 4 members (excludes halogenated alkanes) is 3. The van der Waals surface area contributed by atoms with Crippen molar-refractivity contribution in [1.29, 1.82) is 0 Å². The van der Waals surface area contributed by atoms with Crippen LogP contribution in [0, 0.1) is 0 Å². The standard InChI is InChI=1S/C13H18ClNO3/c14-7-3-1-2-4-8-18-13(17)11-6-5-10(15)9-12(11)16/h5-6,9,16H,1-4,7-8,15H2. The van der Waals surface area contributed by atoms with Gasteiger partial charge in [-0.15, -0.1) is 11.6 Å². The molecule has 0 saturated carbocycles. The highest BCUT2D eigenvalue weighted by Crippen LogP contribution is 2.20. The summed E-state index contributed by atoms with van der Waals surface area (Å²) in [6.07, 6.45) is 3.80. The molecule has 5 heteroatoms. The second kappa shape index (κ2) is 7.82. The number of anilines is 1. The third-order valence-corrected chi connectivity index (χ3v) is 2.77. The fourth-order valence-electron chi connectivity index (χ4n) is 1.51. The van der Waals surface area contributed by atoms with Crippen molar-refractivity contribution in [3.63, 3.8) is 0 Å². The van der Waals surface area contributed by atoms with Crippen molar-refractivity contribution in [3.8, 4) is 5.75 Å². The van der Waals surface area contributed by atoms with E-state index in [9.17, 15) is 9.90 Å². The van der Waals surface area contributed by atoms with Gasteiger partial charge in [0.1, 0.15) is 11.3 Å². The van der Waals surface area contributed by atoms with Gasteiger partial charge < -0.3 is 15.6 Å². The Morgan fingerprint density at radius 1 is 1.28 bits per heavy atom. The molecule has 0 unspecified atom stereocenters. The summed E-state index contributed by atoms with van der Waals surface area (Å²) in [5.74, 6) is -0.00832. The molecule has 100 valence electrons. The fourth-order valence-corrected chi connectivity index (χ4v) is 1.70. The van der Waals surface area contributed by atoms with Crippen molar-refractivity contribution < 1.29 is 14.6 Å². The molecular formula is C13H18ClNO3. The molecule has 1 aromatic rings. The molecule has 0 saturated heterocycles. The fraction of sp³-hybridized carbons (Fsp3) is 0.462. The molecule has 0 bridgehead atoms. The molecule has 0 fully saturated rings. The van der Waals surface area contributed by atoms with E-state index in [0.717, 1.165) is 25.7 Å². The number of alkyl halides is 1. The zero-order valence-corrected chi connectivity index (χ0v) is 10.9. The Kier molecular flexibility index (Phi) is 6.36. The minimum atomic E-state index is -0.523. The van der Waals surface area contributed by atoms with E-state index in [1.807, 2.05) is 0 Å². The highest BCUT2D eigenvalue weighted by atomic mass is 35.5. The molecule has 0 amide bonds. The third kappa shape index (κ3) is 4.84. The summed E-state index contributed by atoms with van der Waals surface area (Å²) < 4.78 is 5.06. The number of carbonyl (C=O) groups excluding carboxylic acids is 1. The number of hydrogen-bond acceptors (Lipinski definition) is 4. The lowest BCUT2D eigenvalue weighted by molar-refractivity contribution is 0.0494. The Labute approximate surface area is 112 Å². The number of phenolic OH excluding ortho intramolecular Hbond substituents is 1. The van der Waals surface area contributed by atoms with E-state index in [4.69, 9.17) is 22.1 Å². The SMILES string of the molecule is Nc1ccc(C(=O)OCCCCCCCl)c(O)c1. The number of phenols is 1. The number of benzene rings is 1. The molecule has 0 aliphatic heterocycles. The van der Waals surface area contributed by atoms with Crippen molar-refractivity contribution in [1.82, 2.24) is 0 Å². The van der Waals surface area contributed by atoms with Crippen LogP contribution in [0.4, 0.5) is 5.69 Å². The van der Waals surface area contributed by atoms with Gasteiger partial charge >= 0.3 is 5.97 Å². The second-order valence-electron chi connectivity index (χ2n) is 4.02. The molecule has 3 N–H and O–H groups in total. The van der Waals surface area contributed by atoms with Crippen LogP contribution >= 0.6 is 11.6 Å². The molecule has 0 aliphatic rings. The summed E-state index contributed by atoms with van der Waals surface area (Å²) in [5, 5.41) is 9.54. The van der Waals surface area contributed by atoms with E-state index in [1.165, 1.54) is 12.1 Å². The molecule has 0 spiro atoms. The van der Waals surface area contributed by atoms with E-state index in [-0.39, 0.29) is 11.3 Å². The largest absolute Gasteiger partial charge is 0.507 e. The average molecular weight is 272 g/mol. The van der Waals surface area contributed by atoms with Crippen LogP contribution in [0.2, 0.25) is 0 Å². The molecule has 1 aromatic carbocycles. The van der Waals surface area contributed by atoms with Crippen LogP contribution in [0.5, 0.6) is 5.75 Å². The monoisotopic (exact) mass is 271 g/mol. The normalized spacial score (nSPS) is 10.3. The first-order chi connectivity index (χ1) is 8.65.